The van der Waals surface area contributed by atoms with Crippen LogP contribution in [0.1, 0.15) is 106 Å². The van der Waals surface area contributed by atoms with Crippen molar-refractivity contribution in [2.45, 2.75) is 89.6 Å². The van der Waals surface area contributed by atoms with Crippen molar-refractivity contribution in [3.8, 4) is 17.1 Å². The van der Waals surface area contributed by atoms with Crippen LogP contribution in [0.2, 0.25) is 0 Å². The molecule has 0 bridgehead atoms. The third kappa shape index (κ3) is 15.3. The van der Waals surface area contributed by atoms with Gasteiger partial charge >= 0.3 is 5.97 Å². The first kappa shape index (κ1) is 45.2. The Balaban J connectivity index is 0.986. The molecule has 5 rings (SSSR count). The molecule has 59 heavy (non-hydrogen) atoms. The number of pyridine rings is 1. The molecular weight excluding hydrogens is 751 g/mol. The van der Waals surface area contributed by atoms with Gasteiger partial charge in [0.05, 0.1) is 44.6 Å². The Morgan fingerprint density at radius 1 is 0.831 bits per heavy atom. The number of anilines is 1. The Bertz CT molecular complexity index is 1820. The molecule has 1 aliphatic heterocycles. The maximum atomic E-state index is 13.6. The standard InChI is InChI=1S/C45H63N7O7/c1-3-52-24-20-45(21-25-52,44-48-42(50-51-44)36-18-22-46-23-19-36)49-39-15-11-14-38(33-39)43(55)47-35(2)37-13-12-16-40(34-37)59-28-10-5-4-8-26-56-29-31-58-32-30-57-27-9-6-7-17-41(53)54/h11-16,18-19,22-23,33-35,49H,3-10,17,20-21,24-32H2,1-2H3,(H,47,55)(H,53,54)(H,48,50,51)/t35-/m0/s1. The van der Waals surface area contributed by atoms with Gasteiger partial charge in [-0.15, -0.1) is 0 Å². The molecule has 0 saturated carbocycles. The van der Waals surface area contributed by atoms with Gasteiger partial charge in [0.15, 0.2) is 11.6 Å². The quantitative estimate of drug-likeness (QED) is 0.0419. The Morgan fingerprint density at radius 2 is 1.49 bits per heavy atom. The highest BCUT2D eigenvalue weighted by Gasteiger charge is 2.39. The van der Waals surface area contributed by atoms with Crippen LogP contribution in [0.5, 0.6) is 5.75 Å². The van der Waals surface area contributed by atoms with Gasteiger partial charge in [-0.2, -0.15) is 5.10 Å². The first-order chi connectivity index (χ1) is 28.8. The first-order valence-corrected chi connectivity index (χ1v) is 21.3. The molecule has 1 saturated heterocycles. The van der Waals surface area contributed by atoms with Gasteiger partial charge in [0, 0.05) is 61.9 Å². The smallest absolute Gasteiger partial charge is 0.303 e. The summed E-state index contributed by atoms with van der Waals surface area (Å²) in [6, 6.07) is 19.2. The number of aromatic amines is 1. The Kier molecular flexibility index (Phi) is 19.1. The van der Waals surface area contributed by atoms with Crippen molar-refractivity contribution in [2.24, 2.45) is 0 Å². The number of nitrogens with zero attached hydrogens (tertiary/aromatic N) is 4. The molecule has 0 unspecified atom stereocenters. The highest BCUT2D eigenvalue weighted by atomic mass is 16.5. The molecule has 14 nitrogen and oxygen atoms in total. The third-order valence-electron chi connectivity index (χ3n) is 10.6. The highest BCUT2D eigenvalue weighted by Crippen LogP contribution is 2.36. The number of carboxylic acid groups (broad SMARTS) is 1. The number of benzene rings is 2. The van der Waals surface area contributed by atoms with Gasteiger partial charge in [-0.25, -0.2) is 4.98 Å². The van der Waals surface area contributed by atoms with E-state index >= 15 is 0 Å². The number of amides is 1. The lowest BCUT2D eigenvalue weighted by Crippen LogP contribution is -2.47. The van der Waals surface area contributed by atoms with E-state index < -0.39 is 11.5 Å². The first-order valence-electron chi connectivity index (χ1n) is 21.3. The number of aliphatic carboxylic acids is 1. The maximum Gasteiger partial charge on any atom is 0.303 e. The van der Waals surface area contributed by atoms with Crippen molar-refractivity contribution < 1.29 is 33.6 Å². The van der Waals surface area contributed by atoms with Crippen LogP contribution in [0, 0.1) is 0 Å². The maximum absolute atomic E-state index is 13.6. The summed E-state index contributed by atoms with van der Waals surface area (Å²) in [6.07, 6.45) is 11.9. The molecule has 2 aromatic carbocycles. The Hall–Kier alpha value is -4.89. The van der Waals surface area contributed by atoms with E-state index in [1.54, 1.807) is 12.4 Å². The minimum absolute atomic E-state index is 0.150. The number of aromatic nitrogens is 4. The zero-order chi connectivity index (χ0) is 41.5. The third-order valence-corrected chi connectivity index (χ3v) is 10.6. The summed E-state index contributed by atoms with van der Waals surface area (Å²) in [7, 11) is 0. The summed E-state index contributed by atoms with van der Waals surface area (Å²) in [5.74, 6) is 1.31. The molecule has 1 fully saturated rings. The minimum atomic E-state index is -0.746. The highest BCUT2D eigenvalue weighted by molar-refractivity contribution is 5.95. The summed E-state index contributed by atoms with van der Waals surface area (Å²) >= 11 is 0. The predicted octanol–water partition coefficient (Wildman–Crippen LogP) is 7.41. The van der Waals surface area contributed by atoms with Crippen LogP contribution >= 0.6 is 0 Å². The topological polar surface area (TPSA) is 173 Å². The van der Waals surface area contributed by atoms with Crippen molar-refractivity contribution in [3.63, 3.8) is 0 Å². The number of rotatable bonds is 28. The molecule has 0 spiro atoms. The molecule has 1 atom stereocenters. The lowest BCUT2D eigenvalue weighted by molar-refractivity contribution is -0.137. The zero-order valence-electron chi connectivity index (χ0n) is 34.8. The fourth-order valence-corrected chi connectivity index (χ4v) is 7.08. The largest absolute Gasteiger partial charge is 0.494 e. The number of likely N-dealkylation sites (tertiary alicyclic amines) is 1. The van der Waals surface area contributed by atoms with E-state index in [0.717, 1.165) is 99.4 Å². The summed E-state index contributed by atoms with van der Waals surface area (Å²) < 4.78 is 22.8. The number of hydrogen-bond acceptors (Lipinski definition) is 11. The number of carboxylic acids is 1. The molecule has 320 valence electrons. The van der Waals surface area contributed by atoms with Gasteiger partial charge in [-0.05, 0) is 106 Å². The van der Waals surface area contributed by atoms with Crippen LogP contribution in [-0.2, 0) is 24.5 Å². The predicted molar refractivity (Wildman–Crippen MR) is 228 cm³/mol. The van der Waals surface area contributed by atoms with Gasteiger partial charge < -0.3 is 39.6 Å². The molecule has 1 aliphatic rings. The Morgan fingerprint density at radius 3 is 2.19 bits per heavy atom. The molecule has 4 aromatic rings. The van der Waals surface area contributed by atoms with Gasteiger partial charge in [0.25, 0.3) is 5.91 Å². The molecule has 4 N–H and O–H groups in total. The monoisotopic (exact) mass is 813 g/mol. The van der Waals surface area contributed by atoms with Crippen LogP contribution in [0.25, 0.3) is 11.4 Å². The lowest BCUT2D eigenvalue weighted by atomic mass is 9.86. The van der Waals surface area contributed by atoms with Crippen molar-refractivity contribution in [2.75, 3.05) is 71.2 Å². The van der Waals surface area contributed by atoms with Crippen LogP contribution in [0.3, 0.4) is 0 Å². The summed E-state index contributed by atoms with van der Waals surface area (Å²) in [6.45, 7) is 11.2. The second-order valence-electron chi connectivity index (χ2n) is 15.0. The summed E-state index contributed by atoms with van der Waals surface area (Å²) in [5.41, 5.74) is 2.83. The van der Waals surface area contributed by atoms with Crippen LogP contribution < -0.4 is 15.4 Å². The zero-order valence-corrected chi connectivity index (χ0v) is 34.8. The van der Waals surface area contributed by atoms with Crippen LogP contribution in [-0.4, -0.2) is 108 Å². The van der Waals surface area contributed by atoms with Crippen LogP contribution in [0.4, 0.5) is 5.69 Å². The molecule has 0 aliphatic carbocycles. The average molecular weight is 814 g/mol. The molecule has 1 amide bonds. The van der Waals surface area contributed by atoms with Gasteiger partial charge in [0.2, 0.25) is 0 Å². The summed E-state index contributed by atoms with van der Waals surface area (Å²) in [4.78, 5) is 35.6. The SMILES string of the molecule is CCN1CCC(Nc2cccc(C(=O)N[C@@H](C)c3cccc(OCCCCCCOCCOCCOCCCCCC(=O)O)c3)c2)(c2nc(-c3ccncc3)n[nH]2)CC1. The number of nitrogens with one attached hydrogen (secondary N) is 3. The summed E-state index contributed by atoms with van der Waals surface area (Å²) in [5, 5.41) is 23.4. The Labute approximate surface area is 348 Å². The average Bonchev–Trinajstić information content (AvgIpc) is 3.77. The van der Waals surface area contributed by atoms with Gasteiger partial charge in [-0.3, -0.25) is 19.7 Å². The van der Waals surface area contributed by atoms with Crippen LogP contribution in [0.15, 0.2) is 73.1 Å². The number of hydrogen-bond donors (Lipinski definition) is 4. The van der Waals surface area contributed by atoms with Crippen molar-refractivity contribution in [3.05, 3.63) is 90.0 Å². The molecular formula is C45H63N7O7. The molecule has 14 heteroatoms. The van der Waals surface area contributed by atoms with E-state index in [-0.39, 0.29) is 18.4 Å². The second-order valence-corrected chi connectivity index (χ2v) is 15.0. The van der Waals surface area contributed by atoms with E-state index in [0.29, 0.717) is 64.1 Å². The lowest BCUT2D eigenvalue weighted by Gasteiger charge is -2.41. The molecule has 0 radical (unpaired) electrons. The number of piperidine rings is 1. The number of carbonyl (C=O) groups is 2. The van der Waals surface area contributed by atoms with Crippen molar-refractivity contribution in [1.82, 2.24) is 30.4 Å². The second kappa shape index (κ2) is 24.9. The fourth-order valence-electron chi connectivity index (χ4n) is 7.08. The number of carbonyl (C=O) groups excluding carboxylic acids is 1. The fraction of sp³-hybridized carbons (Fsp3) is 0.533. The number of unbranched alkanes of at least 4 members (excludes halogenated alkanes) is 5. The molecule has 2 aromatic heterocycles. The minimum Gasteiger partial charge on any atom is -0.494 e. The van der Waals surface area contributed by atoms with E-state index in [9.17, 15) is 9.59 Å². The van der Waals surface area contributed by atoms with E-state index in [1.807, 2.05) is 67.6 Å². The van der Waals surface area contributed by atoms with Gasteiger partial charge in [0.1, 0.15) is 5.75 Å². The number of ether oxygens (including phenoxy) is 4. The van der Waals surface area contributed by atoms with Gasteiger partial charge in [-0.1, -0.05) is 38.0 Å². The molecule has 3 heterocycles. The van der Waals surface area contributed by atoms with E-state index in [1.165, 1.54) is 0 Å². The number of H-pyrrole nitrogens is 1. The van der Waals surface area contributed by atoms with E-state index in [4.69, 9.17) is 29.0 Å². The van der Waals surface area contributed by atoms with Crippen molar-refractivity contribution >= 4 is 17.6 Å². The van der Waals surface area contributed by atoms with E-state index in [2.05, 4.69) is 37.6 Å². The normalized spacial score (nSPS) is 14.5. The van der Waals surface area contributed by atoms with Crippen molar-refractivity contribution in [1.29, 1.82) is 0 Å².